The molecule has 1 N–H and O–H groups in total. The molecule has 0 spiro atoms. The van der Waals surface area contributed by atoms with Crippen LogP contribution in [-0.4, -0.2) is 19.6 Å². The van der Waals surface area contributed by atoms with Gasteiger partial charge in [0.05, 0.1) is 18.1 Å². The van der Waals surface area contributed by atoms with Crippen molar-refractivity contribution >= 4 is 5.91 Å². The maximum Gasteiger partial charge on any atom is 0.416 e. The summed E-state index contributed by atoms with van der Waals surface area (Å²) in [5.74, 6) is -0.485. The van der Waals surface area contributed by atoms with E-state index in [2.05, 4.69) is 5.32 Å². The number of hydrogen-bond donors (Lipinski definition) is 1. The smallest absolute Gasteiger partial charge is 0.384 e. The molecule has 0 fully saturated rings. The molecular weight excluding hydrogens is 271 g/mol. The van der Waals surface area contributed by atoms with Crippen LogP contribution < -0.4 is 5.32 Å². The molecule has 112 valence electrons. The molecule has 1 unspecified atom stereocenters. The first-order valence-corrected chi connectivity index (χ1v) is 6.19. The molecule has 0 aliphatic heterocycles. The fourth-order valence-corrected chi connectivity index (χ4v) is 1.75. The number of ether oxygens (including phenoxy) is 1. The van der Waals surface area contributed by atoms with Crippen LogP contribution in [-0.2, 0) is 22.3 Å². The summed E-state index contributed by atoms with van der Waals surface area (Å²) in [6.07, 6.45) is -4.35. The maximum atomic E-state index is 12.5. The van der Waals surface area contributed by atoms with Crippen molar-refractivity contribution in [2.24, 2.45) is 5.92 Å². The van der Waals surface area contributed by atoms with Crippen molar-refractivity contribution in [2.45, 2.75) is 26.6 Å². The summed E-state index contributed by atoms with van der Waals surface area (Å²) in [4.78, 5) is 11.7. The van der Waals surface area contributed by atoms with Gasteiger partial charge in [0.25, 0.3) is 0 Å². The van der Waals surface area contributed by atoms with Crippen molar-refractivity contribution in [1.82, 2.24) is 5.32 Å². The van der Waals surface area contributed by atoms with Gasteiger partial charge in [-0.1, -0.05) is 13.0 Å². The number of amides is 1. The van der Waals surface area contributed by atoms with Gasteiger partial charge in [0.1, 0.15) is 0 Å². The Bertz CT molecular complexity index is 472. The quantitative estimate of drug-likeness (QED) is 0.905. The molecule has 0 saturated heterocycles. The van der Waals surface area contributed by atoms with Gasteiger partial charge in [0.2, 0.25) is 5.91 Å². The lowest BCUT2D eigenvalue weighted by atomic mass is 10.0. The maximum absolute atomic E-state index is 12.5. The molecule has 3 nitrogen and oxygen atoms in total. The molecular formula is C14H18F3NO2. The van der Waals surface area contributed by atoms with Crippen LogP contribution in [0.4, 0.5) is 13.2 Å². The van der Waals surface area contributed by atoms with Gasteiger partial charge in [-0.2, -0.15) is 13.2 Å². The molecule has 0 aliphatic carbocycles. The van der Waals surface area contributed by atoms with E-state index in [9.17, 15) is 18.0 Å². The van der Waals surface area contributed by atoms with Gasteiger partial charge in [-0.3, -0.25) is 4.79 Å². The second-order valence-corrected chi connectivity index (χ2v) is 4.71. The van der Waals surface area contributed by atoms with Crippen LogP contribution in [0.5, 0.6) is 0 Å². The molecule has 1 aromatic carbocycles. The zero-order chi connectivity index (χ0) is 15.3. The van der Waals surface area contributed by atoms with Gasteiger partial charge in [-0.15, -0.1) is 0 Å². The monoisotopic (exact) mass is 289 g/mol. The largest absolute Gasteiger partial charge is 0.416 e. The predicted octanol–water partition coefficient (Wildman–Crippen LogP) is 2.91. The number of methoxy groups -OCH3 is 1. The molecule has 1 rings (SSSR count). The average Bonchev–Trinajstić information content (AvgIpc) is 2.36. The van der Waals surface area contributed by atoms with Crippen LogP contribution in [0.1, 0.15) is 23.6 Å². The Kier molecular flexibility index (Phi) is 5.56. The molecule has 0 heterocycles. The predicted molar refractivity (Wildman–Crippen MR) is 69.1 cm³/mol. The molecule has 0 saturated carbocycles. The van der Waals surface area contributed by atoms with Crippen LogP contribution in [0.3, 0.4) is 0 Å². The van der Waals surface area contributed by atoms with Gasteiger partial charge in [-0.05, 0) is 30.2 Å². The van der Waals surface area contributed by atoms with Gasteiger partial charge in [-0.25, -0.2) is 0 Å². The number of halogens is 3. The second kappa shape index (κ2) is 6.74. The Labute approximate surface area is 116 Å². The summed E-state index contributed by atoms with van der Waals surface area (Å²) in [7, 11) is 1.50. The number of rotatable bonds is 5. The Morgan fingerprint density at radius 3 is 2.55 bits per heavy atom. The average molecular weight is 289 g/mol. The number of carbonyl (C=O) groups is 1. The first-order chi connectivity index (χ1) is 9.25. The highest BCUT2D eigenvalue weighted by Crippen LogP contribution is 2.30. The lowest BCUT2D eigenvalue weighted by Gasteiger charge is -2.14. The third kappa shape index (κ3) is 4.52. The van der Waals surface area contributed by atoms with Crippen LogP contribution in [0.15, 0.2) is 18.2 Å². The number of carbonyl (C=O) groups excluding carboxylic acids is 1. The zero-order valence-corrected chi connectivity index (χ0v) is 11.7. The fourth-order valence-electron chi connectivity index (χ4n) is 1.75. The van der Waals surface area contributed by atoms with E-state index in [0.29, 0.717) is 17.7 Å². The Hall–Kier alpha value is -1.56. The molecule has 6 heteroatoms. The highest BCUT2D eigenvalue weighted by atomic mass is 19.4. The van der Waals surface area contributed by atoms with E-state index in [1.165, 1.54) is 13.2 Å². The minimum absolute atomic E-state index is 0.189. The lowest BCUT2D eigenvalue weighted by molar-refractivity contribution is -0.137. The summed E-state index contributed by atoms with van der Waals surface area (Å²) >= 11 is 0. The van der Waals surface area contributed by atoms with E-state index in [1.54, 1.807) is 13.8 Å². The molecule has 1 amide bonds. The summed E-state index contributed by atoms with van der Waals surface area (Å²) in [6.45, 7) is 3.82. The number of alkyl halides is 3. The van der Waals surface area contributed by atoms with E-state index in [1.807, 2.05) is 0 Å². The third-order valence-corrected chi connectivity index (χ3v) is 2.99. The van der Waals surface area contributed by atoms with E-state index < -0.39 is 11.7 Å². The number of benzene rings is 1. The lowest BCUT2D eigenvalue weighted by Crippen LogP contribution is -2.31. The number of aryl methyl sites for hydroxylation is 1. The third-order valence-electron chi connectivity index (χ3n) is 2.99. The normalized spacial score (nSPS) is 13.1. The molecule has 0 radical (unpaired) electrons. The van der Waals surface area contributed by atoms with Crippen molar-refractivity contribution in [3.05, 3.63) is 34.9 Å². The van der Waals surface area contributed by atoms with Crippen LogP contribution in [0, 0.1) is 12.8 Å². The highest BCUT2D eigenvalue weighted by molar-refractivity contribution is 5.78. The van der Waals surface area contributed by atoms with Crippen LogP contribution >= 0.6 is 0 Å². The molecule has 20 heavy (non-hydrogen) atoms. The molecule has 1 aromatic rings. The standard InChI is InChI=1S/C14H18F3NO2/c1-9-6-12(14(15,16)17)5-4-11(9)7-18-13(19)10(2)8-20-3/h4-6,10H,7-8H2,1-3H3,(H,18,19). The van der Waals surface area contributed by atoms with Crippen molar-refractivity contribution in [1.29, 1.82) is 0 Å². The summed E-state index contributed by atoms with van der Waals surface area (Å²) in [5.41, 5.74) is 0.480. The van der Waals surface area contributed by atoms with Gasteiger partial charge in [0, 0.05) is 13.7 Å². The minimum Gasteiger partial charge on any atom is -0.384 e. The molecule has 1 atom stereocenters. The van der Waals surface area contributed by atoms with Gasteiger partial charge >= 0.3 is 6.18 Å². The van der Waals surface area contributed by atoms with E-state index >= 15 is 0 Å². The van der Waals surface area contributed by atoms with Gasteiger partial charge in [0.15, 0.2) is 0 Å². The van der Waals surface area contributed by atoms with Crippen molar-refractivity contribution < 1.29 is 22.7 Å². The summed E-state index contributed by atoms with van der Waals surface area (Å²) in [6, 6.07) is 3.49. The van der Waals surface area contributed by atoms with Crippen molar-refractivity contribution in [3.8, 4) is 0 Å². The van der Waals surface area contributed by atoms with Crippen LogP contribution in [0.25, 0.3) is 0 Å². The van der Waals surface area contributed by atoms with Crippen molar-refractivity contribution in [2.75, 3.05) is 13.7 Å². The SMILES string of the molecule is COCC(C)C(=O)NCc1ccc(C(F)(F)F)cc1C. The van der Waals surface area contributed by atoms with Gasteiger partial charge < -0.3 is 10.1 Å². The Morgan fingerprint density at radius 2 is 2.05 bits per heavy atom. The fraction of sp³-hybridized carbons (Fsp3) is 0.500. The molecule has 0 aliphatic rings. The topological polar surface area (TPSA) is 38.3 Å². The van der Waals surface area contributed by atoms with E-state index in [4.69, 9.17) is 4.74 Å². The minimum atomic E-state index is -4.35. The zero-order valence-electron chi connectivity index (χ0n) is 11.7. The summed E-state index contributed by atoms with van der Waals surface area (Å²) in [5, 5.41) is 2.68. The summed E-state index contributed by atoms with van der Waals surface area (Å²) < 4.78 is 42.4. The second-order valence-electron chi connectivity index (χ2n) is 4.71. The number of hydrogen-bond acceptors (Lipinski definition) is 2. The number of nitrogens with one attached hydrogen (secondary N) is 1. The van der Waals surface area contributed by atoms with Crippen LogP contribution in [0.2, 0.25) is 0 Å². The Morgan fingerprint density at radius 1 is 1.40 bits per heavy atom. The first-order valence-electron chi connectivity index (χ1n) is 6.19. The highest BCUT2D eigenvalue weighted by Gasteiger charge is 2.30. The van der Waals surface area contributed by atoms with E-state index in [0.717, 1.165) is 12.1 Å². The first kappa shape index (κ1) is 16.5. The van der Waals surface area contributed by atoms with Crippen molar-refractivity contribution in [3.63, 3.8) is 0 Å². The Balaban J connectivity index is 2.68. The molecule has 0 aromatic heterocycles. The van der Waals surface area contributed by atoms with E-state index in [-0.39, 0.29) is 18.4 Å². The molecule has 0 bridgehead atoms.